The highest BCUT2D eigenvalue weighted by Crippen LogP contribution is 2.59. The van der Waals surface area contributed by atoms with Crippen LogP contribution in [0.5, 0.6) is 0 Å². The minimum absolute atomic E-state index is 0.0841. The second-order valence-electron chi connectivity index (χ2n) is 31.9. The molecule has 3 aliphatic carbocycles. The molecule has 3 heterocycles. The molecule has 0 bridgehead atoms. The predicted molar refractivity (Wildman–Crippen MR) is 436 cm³/mol. The molecule has 19 rings (SSSR count). The minimum Gasteiger partial charge on any atom is -0.310 e. The van der Waals surface area contributed by atoms with E-state index in [2.05, 4.69) is 386 Å². The first-order valence-electron chi connectivity index (χ1n) is 36.5. The highest BCUT2D eigenvalue weighted by atomic mass is 15.2. The van der Waals surface area contributed by atoms with Crippen LogP contribution in [-0.4, -0.2) is 11.3 Å². The number of anilines is 6. The fourth-order valence-corrected chi connectivity index (χ4v) is 17.8. The molecular formula is C98H80BN3. The molecule has 0 radical (unpaired) electrons. The first-order chi connectivity index (χ1) is 49.5. The van der Waals surface area contributed by atoms with Crippen LogP contribution in [0.15, 0.2) is 315 Å². The van der Waals surface area contributed by atoms with Crippen LogP contribution in [0.4, 0.5) is 34.1 Å². The number of allylic oxidation sites excluding steroid dienone is 8. The Balaban J connectivity index is 0.987. The van der Waals surface area contributed by atoms with Crippen LogP contribution in [0.1, 0.15) is 102 Å². The number of nitrogens with zero attached hydrogens (tertiary/aromatic N) is 3. The van der Waals surface area contributed by atoms with E-state index in [1.165, 1.54) is 161 Å². The summed E-state index contributed by atoms with van der Waals surface area (Å²) in [6, 6.07) is 107. The standard InChI is InChI=1S/C98H80BN3/c1-96(2,3)68-54-78(61-29-14-10-15-30-61)94(79(55-68)62-31-16-11-17-32-62)101-86-52-48-67(72-50-47-66-39-27-43-76-75-42-26-37-65-38-28-44-77(90(65)75)92(72)91(66)76)53-83(86)99-82-51-49-71(100-84-45-24-22-40-73(84)74-41-23-25-46-85(74)100)60-87(82)102(89-59-70(98(7,8)9)58-88(101)93(89)99)95-80(63-33-18-12-19-34-63)56-69(97(4,5)6)57-81(95)64-35-20-13-21-36-64/h10-60,91-92H,1-9H3. The molecule has 0 spiro atoms. The summed E-state index contributed by atoms with van der Waals surface area (Å²) in [5, 5.41) is 5.13. The van der Waals surface area contributed by atoms with Gasteiger partial charge in [-0.2, -0.15) is 0 Å². The number of para-hydroxylation sites is 2. The fraction of sp³-hybridized carbons (Fsp3) is 0.143. The zero-order valence-electron chi connectivity index (χ0n) is 59.5. The van der Waals surface area contributed by atoms with E-state index in [9.17, 15) is 0 Å². The lowest BCUT2D eigenvalue weighted by Gasteiger charge is -2.47. The first-order valence-corrected chi connectivity index (χ1v) is 36.5. The van der Waals surface area contributed by atoms with Gasteiger partial charge in [-0.05, 0) is 182 Å². The summed E-state index contributed by atoms with van der Waals surface area (Å²) in [5.41, 5.74) is 34.9. The second-order valence-corrected chi connectivity index (χ2v) is 31.9. The van der Waals surface area contributed by atoms with Gasteiger partial charge >= 0.3 is 0 Å². The largest absolute Gasteiger partial charge is 0.310 e. The normalized spacial score (nSPS) is 15.8. The van der Waals surface area contributed by atoms with Gasteiger partial charge in [0.2, 0.25) is 0 Å². The van der Waals surface area contributed by atoms with Gasteiger partial charge in [-0.15, -0.1) is 0 Å². The molecule has 5 aliphatic rings. The topological polar surface area (TPSA) is 11.4 Å². The molecule has 0 saturated carbocycles. The van der Waals surface area contributed by atoms with E-state index in [0.29, 0.717) is 0 Å². The zero-order valence-corrected chi connectivity index (χ0v) is 59.5. The van der Waals surface area contributed by atoms with Gasteiger partial charge in [0.15, 0.2) is 0 Å². The number of fused-ring (bicyclic) bond motifs is 9. The number of benzene rings is 13. The maximum absolute atomic E-state index is 2.75. The molecule has 1 aromatic heterocycles. The van der Waals surface area contributed by atoms with Gasteiger partial charge in [0.05, 0.1) is 22.4 Å². The lowest BCUT2D eigenvalue weighted by Crippen LogP contribution is -2.61. The van der Waals surface area contributed by atoms with Crippen LogP contribution in [0, 0.1) is 5.92 Å². The van der Waals surface area contributed by atoms with Gasteiger partial charge in [-0.25, -0.2) is 0 Å². The highest BCUT2D eigenvalue weighted by molar-refractivity contribution is 7.00. The van der Waals surface area contributed by atoms with Crippen molar-refractivity contribution in [3.8, 4) is 50.2 Å². The van der Waals surface area contributed by atoms with Crippen LogP contribution < -0.4 is 26.2 Å². The van der Waals surface area contributed by atoms with E-state index in [1.807, 2.05) is 0 Å². The van der Waals surface area contributed by atoms with Crippen molar-refractivity contribution in [3.05, 3.63) is 348 Å². The SMILES string of the molecule is CC(C)(C)c1cc(-c2ccccc2)c(N2c3ccc(C4=CC=C5C=CC=C6c7cccc8cccc(c78)C4C56)cc3B3c4ccc(-n5c6ccccc6c6ccccc65)cc4N(c4c(-c5ccccc5)cc(C(C)(C)C)cc4-c4ccccc4)c4cc(C(C)(C)C)cc2c43)c(-c2ccccc2)c1. The Hall–Kier alpha value is -11.5. The number of rotatable bonds is 8. The molecule has 2 aliphatic heterocycles. The van der Waals surface area contributed by atoms with E-state index in [1.54, 1.807) is 0 Å². The van der Waals surface area contributed by atoms with E-state index in [-0.39, 0.29) is 34.8 Å². The zero-order chi connectivity index (χ0) is 69.1. The molecule has 2 atom stereocenters. The predicted octanol–water partition coefficient (Wildman–Crippen LogP) is 24.3. The van der Waals surface area contributed by atoms with Crippen molar-refractivity contribution >= 4 is 101 Å². The molecule has 2 unspecified atom stereocenters. The van der Waals surface area contributed by atoms with Gasteiger partial charge in [-0.3, -0.25) is 0 Å². The number of aromatic nitrogens is 1. The van der Waals surface area contributed by atoms with Crippen molar-refractivity contribution in [1.82, 2.24) is 4.57 Å². The van der Waals surface area contributed by atoms with E-state index in [0.717, 1.165) is 22.7 Å². The van der Waals surface area contributed by atoms with E-state index < -0.39 is 0 Å². The Bertz CT molecular complexity index is 5760. The Morgan fingerprint density at radius 3 is 1.33 bits per heavy atom. The molecule has 490 valence electrons. The van der Waals surface area contributed by atoms with Gasteiger partial charge < -0.3 is 14.4 Å². The number of hydrogen-bond acceptors (Lipinski definition) is 2. The molecular weight excluding hydrogens is 1230 g/mol. The van der Waals surface area contributed by atoms with Crippen LogP contribution in [-0.2, 0) is 16.2 Å². The monoisotopic (exact) mass is 1310 g/mol. The third kappa shape index (κ3) is 9.62. The molecule has 4 heteroatoms. The average Bonchev–Trinajstić information content (AvgIpc) is 0.707. The van der Waals surface area contributed by atoms with Gasteiger partial charge in [0.25, 0.3) is 6.71 Å². The lowest BCUT2D eigenvalue weighted by atomic mass is 9.33. The lowest BCUT2D eigenvalue weighted by molar-refractivity contribution is 0.590. The third-order valence-corrected chi connectivity index (χ3v) is 22.8. The highest BCUT2D eigenvalue weighted by Gasteiger charge is 2.48. The van der Waals surface area contributed by atoms with Crippen molar-refractivity contribution in [2.45, 2.75) is 84.5 Å². The maximum Gasteiger partial charge on any atom is 0.252 e. The summed E-state index contributed by atoms with van der Waals surface area (Å²) in [7, 11) is 0. The Morgan fingerprint density at radius 1 is 0.333 bits per heavy atom. The van der Waals surface area contributed by atoms with Crippen LogP contribution in [0.3, 0.4) is 0 Å². The van der Waals surface area contributed by atoms with Crippen molar-refractivity contribution in [3.63, 3.8) is 0 Å². The van der Waals surface area contributed by atoms with Gasteiger partial charge in [0, 0.05) is 73.3 Å². The quantitative estimate of drug-likeness (QED) is 0.141. The first kappa shape index (κ1) is 61.6. The van der Waals surface area contributed by atoms with Crippen LogP contribution >= 0.6 is 0 Å². The van der Waals surface area contributed by atoms with Gasteiger partial charge in [-0.1, -0.05) is 305 Å². The summed E-state index contributed by atoms with van der Waals surface area (Å²) >= 11 is 0. The summed E-state index contributed by atoms with van der Waals surface area (Å²) in [6.07, 6.45) is 11.9. The third-order valence-electron chi connectivity index (χ3n) is 22.8. The maximum atomic E-state index is 2.75. The summed E-state index contributed by atoms with van der Waals surface area (Å²) in [4.78, 5) is 5.49. The smallest absolute Gasteiger partial charge is 0.252 e. The summed E-state index contributed by atoms with van der Waals surface area (Å²) < 4.78 is 2.52. The van der Waals surface area contributed by atoms with Crippen molar-refractivity contribution in [2.75, 3.05) is 9.80 Å². The molecule has 102 heavy (non-hydrogen) atoms. The van der Waals surface area contributed by atoms with Crippen molar-refractivity contribution in [2.24, 2.45) is 5.92 Å². The van der Waals surface area contributed by atoms with Crippen LogP contribution in [0.25, 0.3) is 93.9 Å². The van der Waals surface area contributed by atoms with E-state index in [4.69, 9.17) is 0 Å². The Labute approximate surface area is 600 Å². The summed E-state index contributed by atoms with van der Waals surface area (Å²) in [6.45, 7) is 21.2. The molecule has 13 aromatic carbocycles. The molecule has 0 saturated heterocycles. The van der Waals surface area contributed by atoms with Crippen molar-refractivity contribution < 1.29 is 0 Å². The fourth-order valence-electron chi connectivity index (χ4n) is 17.8. The summed E-state index contributed by atoms with van der Waals surface area (Å²) in [5.74, 6) is 0.251. The Morgan fingerprint density at radius 2 is 0.814 bits per heavy atom. The Kier molecular flexibility index (Phi) is 13.9. The molecule has 0 fully saturated rings. The van der Waals surface area contributed by atoms with Crippen molar-refractivity contribution in [1.29, 1.82) is 0 Å². The van der Waals surface area contributed by atoms with E-state index >= 15 is 0 Å². The molecule has 3 nitrogen and oxygen atoms in total. The average molecular weight is 1310 g/mol. The van der Waals surface area contributed by atoms with Crippen LogP contribution in [0.2, 0.25) is 0 Å². The second kappa shape index (κ2) is 23.0. The minimum atomic E-state index is -0.308. The molecule has 0 amide bonds. The van der Waals surface area contributed by atoms with Gasteiger partial charge in [0.1, 0.15) is 0 Å². The number of hydrogen-bond donors (Lipinski definition) is 0. The molecule has 14 aromatic rings. The molecule has 0 N–H and O–H groups in total.